The van der Waals surface area contributed by atoms with Crippen LogP contribution in [0.4, 0.5) is 10.1 Å². The van der Waals surface area contributed by atoms with Crippen LogP contribution in [0.5, 0.6) is 0 Å². The molecule has 3 aromatic rings. The van der Waals surface area contributed by atoms with E-state index in [2.05, 4.69) is 5.32 Å². The second kappa shape index (κ2) is 8.28. The summed E-state index contributed by atoms with van der Waals surface area (Å²) in [4.78, 5) is 27.1. The highest BCUT2D eigenvalue weighted by atomic mass is 19.1. The van der Waals surface area contributed by atoms with Crippen molar-refractivity contribution in [3.05, 3.63) is 65.7 Å². The summed E-state index contributed by atoms with van der Waals surface area (Å²) < 4.78 is 25.6. The standard InChI is InChI=1S/C23H23FN2O4/c1-14(2)29-13-16-15-7-3-6-10-20(15)30-21(16)22(27)25-18-11-12-26(23(18)28)19-9-5-4-8-17(19)24/h3-10,14,18H,11-13H2,1-2H3,(H,25,27). The molecule has 1 N–H and O–H groups in total. The summed E-state index contributed by atoms with van der Waals surface area (Å²) in [6.45, 7) is 4.37. The first-order valence-electron chi connectivity index (χ1n) is 9.94. The van der Waals surface area contributed by atoms with Crippen molar-refractivity contribution >= 4 is 28.5 Å². The van der Waals surface area contributed by atoms with Gasteiger partial charge in [-0.25, -0.2) is 4.39 Å². The van der Waals surface area contributed by atoms with Gasteiger partial charge in [0.1, 0.15) is 17.4 Å². The number of rotatable bonds is 6. The zero-order valence-corrected chi connectivity index (χ0v) is 16.9. The zero-order chi connectivity index (χ0) is 21.3. The molecule has 2 amide bonds. The van der Waals surface area contributed by atoms with Crippen molar-refractivity contribution in [2.24, 2.45) is 0 Å². The van der Waals surface area contributed by atoms with Crippen LogP contribution in [0.2, 0.25) is 0 Å². The Morgan fingerprint density at radius 2 is 1.97 bits per heavy atom. The van der Waals surface area contributed by atoms with Crippen LogP contribution < -0.4 is 10.2 Å². The second-order valence-electron chi connectivity index (χ2n) is 7.52. The number of carbonyl (C=O) groups excluding carboxylic acids is 2. The first-order valence-corrected chi connectivity index (χ1v) is 9.94. The Morgan fingerprint density at radius 1 is 1.23 bits per heavy atom. The van der Waals surface area contributed by atoms with Crippen LogP contribution in [0.1, 0.15) is 36.4 Å². The maximum Gasteiger partial charge on any atom is 0.288 e. The van der Waals surface area contributed by atoms with Gasteiger partial charge in [-0.15, -0.1) is 0 Å². The van der Waals surface area contributed by atoms with E-state index in [4.69, 9.17) is 9.15 Å². The van der Waals surface area contributed by atoms with Gasteiger partial charge >= 0.3 is 0 Å². The smallest absolute Gasteiger partial charge is 0.288 e. The van der Waals surface area contributed by atoms with Crippen LogP contribution in [0.25, 0.3) is 11.0 Å². The number of anilines is 1. The average molecular weight is 410 g/mol. The highest BCUT2D eigenvalue weighted by Gasteiger charge is 2.36. The molecule has 1 saturated heterocycles. The van der Waals surface area contributed by atoms with Gasteiger partial charge in [-0.2, -0.15) is 0 Å². The molecule has 2 aromatic carbocycles. The fourth-order valence-electron chi connectivity index (χ4n) is 3.62. The van der Waals surface area contributed by atoms with Crippen LogP contribution in [-0.4, -0.2) is 30.5 Å². The van der Waals surface area contributed by atoms with Crippen molar-refractivity contribution in [3.63, 3.8) is 0 Å². The predicted molar refractivity (Wildman–Crippen MR) is 111 cm³/mol. The summed E-state index contributed by atoms with van der Waals surface area (Å²) in [5.41, 5.74) is 1.44. The molecule has 1 aliphatic rings. The third kappa shape index (κ3) is 3.80. The molecule has 1 aliphatic heterocycles. The predicted octanol–water partition coefficient (Wildman–Crippen LogP) is 4.03. The first-order chi connectivity index (χ1) is 14.5. The Labute approximate surface area is 173 Å². The monoisotopic (exact) mass is 410 g/mol. The number of fused-ring (bicyclic) bond motifs is 1. The Morgan fingerprint density at radius 3 is 2.73 bits per heavy atom. The number of amides is 2. The van der Waals surface area contributed by atoms with E-state index in [9.17, 15) is 14.0 Å². The lowest BCUT2D eigenvalue weighted by Crippen LogP contribution is -2.41. The van der Waals surface area contributed by atoms with Gasteiger partial charge in [0.15, 0.2) is 5.76 Å². The van der Waals surface area contributed by atoms with Gasteiger partial charge in [-0.3, -0.25) is 9.59 Å². The molecular weight excluding hydrogens is 387 g/mol. The number of hydrogen-bond donors (Lipinski definition) is 1. The molecule has 1 unspecified atom stereocenters. The van der Waals surface area contributed by atoms with Crippen molar-refractivity contribution in [1.29, 1.82) is 0 Å². The maximum absolute atomic E-state index is 14.1. The van der Waals surface area contributed by atoms with E-state index in [-0.39, 0.29) is 30.1 Å². The van der Waals surface area contributed by atoms with E-state index < -0.39 is 17.8 Å². The van der Waals surface area contributed by atoms with E-state index in [1.165, 1.54) is 11.0 Å². The van der Waals surface area contributed by atoms with Gasteiger partial charge in [-0.1, -0.05) is 30.3 Å². The van der Waals surface area contributed by atoms with E-state index >= 15 is 0 Å². The number of benzene rings is 2. The van der Waals surface area contributed by atoms with Crippen molar-refractivity contribution in [3.8, 4) is 0 Å². The highest BCUT2D eigenvalue weighted by Crippen LogP contribution is 2.28. The molecule has 1 aromatic heterocycles. The van der Waals surface area contributed by atoms with Gasteiger partial charge in [0.2, 0.25) is 5.91 Å². The quantitative estimate of drug-likeness (QED) is 0.666. The van der Waals surface area contributed by atoms with E-state index in [1.54, 1.807) is 24.3 Å². The molecule has 1 fully saturated rings. The first kappa shape index (κ1) is 20.1. The van der Waals surface area contributed by atoms with E-state index in [1.807, 2.05) is 32.0 Å². The second-order valence-corrected chi connectivity index (χ2v) is 7.52. The Bertz CT molecular complexity index is 1090. The number of nitrogens with zero attached hydrogens (tertiary/aromatic N) is 1. The largest absolute Gasteiger partial charge is 0.451 e. The van der Waals surface area contributed by atoms with Gasteiger partial charge in [-0.05, 0) is 38.5 Å². The Hall–Kier alpha value is -3.19. The van der Waals surface area contributed by atoms with Crippen LogP contribution >= 0.6 is 0 Å². The molecule has 156 valence electrons. The molecule has 4 rings (SSSR count). The fourth-order valence-corrected chi connectivity index (χ4v) is 3.62. The lowest BCUT2D eigenvalue weighted by molar-refractivity contribution is -0.118. The number of nitrogens with one attached hydrogen (secondary N) is 1. The number of furan rings is 1. The Kier molecular flexibility index (Phi) is 5.55. The number of carbonyl (C=O) groups is 2. The van der Waals surface area contributed by atoms with Crippen LogP contribution in [0, 0.1) is 5.82 Å². The number of para-hydroxylation sites is 2. The molecule has 0 aliphatic carbocycles. The molecule has 0 saturated carbocycles. The van der Waals surface area contributed by atoms with Crippen LogP contribution in [-0.2, 0) is 16.1 Å². The van der Waals surface area contributed by atoms with E-state index in [0.717, 1.165) is 5.39 Å². The molecular formula is C23H23FN2O4. The van der Waals surface area contributed by atoms with Crippen LogP contribution in [0.3, 0.4) is 0 Å². The van der Waals surface area contributed by atoms with Gasteiger partial charge in [0, 0.05) is 17.5 Å². The molecule has 6 nitrogen and oxygen atoms in total. The third-order valence-corrected chi connectivity index (χ3v) is 5.12. The molecule has 30 heavy (non-hydrogen) atoms. The van der Waals surface area contributed by atoms with E-state index in [0.29, 0.717) is 24.1 Å². The maximum atomic E-state index is 14.1. The summed E-state index contributed by atoms with van der Waals surface area (Å²) in [7, 11) is 0. The fraction of sp³-hybridized carbons (Fsp3) is 0.304. The topological polar surface area (TPSA) is 71.8 Å². The highest BCUT2D eigenvalue weighted by molar-refractivity contribution is 6.05. The van der Waals surface area contributed by atoms with Crippen molar-refractivity contribution < 1.29 is 23.1 Å². The number of halogens is 1. The summed E-state index contributed by atoms with van der Waals surface area (Å²) in [6, 6.07) is 12.7. The van der Waals surface area contributed by atoms with Crippen LogP contribution in [0.15, 0.2) is 52.9 Å². The molecule has 0 spiro atoms. The van der Waals surface area contributed by atoms with Crippen molar-refractivity contribution in [2.75, 3.05) is 11.4 Å². The lowest BCUT2D eigenvalue weighted by Gasteiger charge is -2.17. The molecule has 7 heteroatoms. The third-order valence-electron chi connectivity index (χ3n) is 5.12. The number of hydrogen-bond acceptors (Lipinski definition) is 4. The van der Waals surface area contributed by atoms with Gasteiger partial charge in [0.05, 0.1) is 18.4 Å². The van der Waals surface area contributed by atoms with Gasteiger partial charge < -0.3 is 19.4 Å². The number of ether oxygens (including phenoxy) is 1. The SMILES string of the molecule is CC(C)OCc1c(C(=O)NC2CCN(c3ccccc3F)C2=O)oc2ccccc12. The molecule has 1 atom stereocenters. The van der Waals surface area contributed by atoms with Gasteiger partial charge in [0.25, 0.3) is 5.91 Å². The minimum atomic E-state index is -0.746. The summed E-state index contributed by atoms with van der Waals surface area (Å²) in [5.74, 6) is -1.16. The minimum Gasteiger partial charge on any atom is -0.451 e. The van der Waals surface area contributed by atoms with Crippen molar-refractivity contribution in [2.45, 2.75) is 39.0 Å². The molecule has 0 bridgehead atoms. The molecule has 2 heterocycles. The summed E-state index contributed by atoms with van der Waals surface area (Å²) in [5, 5.41) is 3.55. The average Bonchev–Trinajstić information content (AvgIpc) is 3.27. The summed E-state index contributed by atoms with van der Waals surface area (Å²) in [6.07, 6.45) is 0.372. The summed E-state index contributed by atoms with van der Waals surface area (Å²) >= 11 is 0. The zero-order valence-electron chi connectivity index (χ0n) is 16.9. The minimum absolute atomic E-state index is 0.0136. The Balaban J connectivity index is 1.56. The molecule has 0 radical (unpaired) electrons. The van der Waals surface area contributed by atoms with Crippen molar-refractivity contribution in [1.82, 2.24) is 5.32 Å². The lowest BCUT2D eigenvalue weighted by atomic mass is 10.1. The normalized spacial score (nSPS) is 16.6.